The summed E-state index contributed by atoms with van der Waals surface area (Å²) >= 11 is 0. The van der Waals surface area contributed by atoms with Crippen molar-refractivity contribution in [1.29, 1.82) is 0 Å². The molecule has 0 amide bonds. The van der Waals surface area contributed by atoms with E-state index in [0.717, 1.165) is 25.1 Å². The number of rotatable bonds is 4. The van der Waals surface area contributed by atoms with Gasteiger partial charge in [0.2, 0.25) is 0 Å². The van der Waals surface area contributed by atoms with E-state index in [1.54, 1.807) is 7.11 Å². The van der Waals surface area contributed by atoms with E-state index in [1.807, 2.05) is 6.07 Å². The van der Waals surface area contributed by atoms with Gasteiger partial charge < -0.3 is 4.74 Å². The van der Waals surface area contributed by atoms with Gasteiger partial charge in [-0.15, -0.1) is 0 Å². The smallest absolute Gasteiger partial charge is 0.0704 e. The van der Waals surface area contributed by atoms with Gasteiger partial charge in [-0.25, -0.2) is 0 Å². The molecule has 1 aliphatic carbocycles. The Kier molecular flexibility index (Phi) is 4.97. The molecule has 4 nitrogen and oxygen atoms in total. The molecule has 1 saturated heterocycles. The molecular weight excluding hydrogens is 310 g/mol. The molecule has 1 aliphatic heterocycles. The Bertz CT molecular complexity index is 758. The van der Waals surface area contributed by atoms with Crippen molar-refractivity contribution >= 4 is 16.6 Å². The maximum atomic E-state index is 5.38. The molecule has 2 atom stereocenters. The van der Waals surface area contributed by atoms with Crippen LogP contribution in [0.4, 0.5) is 0 Å². The van der Waals surface area contributed by atoms with Gasteiger partial charge in [-0.05, 0) is 49.8 Å². The van der Waals surface area contributed by atoms with Crippen LogP contribution in [0.5, 0.6) is 0 Å². The normalized spacial score (nSPS) is 25.8. The van der Waals surface area contributed by atoms with Crippen LogP contribution < -0.4 is 0 Å². The minimum atomic E-state index is 0.412. The van der Waals surface area contributed by atoms with Crippen molar-refractivity contribution in [2.24, 2.45) is 5.10 Å². The number of pyridine rings is 1. The summed E-state index contributed by atoms with van der Waals surface area (Å²) in [5, 5.41) is 8.62. The van der Waals surface area contributed by atoms with Crippen LogP contribution in [0.15, 0.2) is 41.6 Å². The minimum absolute atomic E-state index is 0.412. The first-order chi connectivity index (χ1) is 12.3. The Labute approximate surface area is 149 Å². The lowest BCUT2D eigenvalue weighted by Gasteiger charge is -2.28. The van der Waals surface area contributed by atoms with Crippen molar-refractivity contribution in [2.45, 2.75) is 50.5 Å². The summed E-state index contributed by atoms with van der Waals surface area (Å²) in [6.45, 7) is 1.83. The zero-order valence-electron chi connectivity index (χ0n) is 15.0. The van der Waals surface area contributed by atoms with Gasteiger partial charge in [0.25, 0.3) is 0 Å². The fourth-order valence-electron chi connectivity index (χ4n) is 4.23. The molecule has 2 aromatic rings. The molecule has 132 valence electrons. The Hall–Kier alpha value is -1.94. The zero-order valence-corrected chi connectivity index (χ0v) is 15.0. The van der Waals surface area contributed by atoms with Crippen molar-refractivity contribution in [2.75, 3.05) is 20.3 Å². The van der Waals surface area contributed by atoms with E-state index in [4.69, 9.17) is 9.84 Å². The number of benzene rings is 1. The van der Waals surface area contributed by atoms with Crippen molar-refractivity contribution in [3.05, 3.63) is 42.1 Å². The van der Waals surface area contributed by atoms with Gasteiger partial charge in [-0.2, -0.15) is 5.10 Å². The molecule has 1 unspecified atom stereocenters. The Morgan fingerprint density at radius 3 is 3.04 bits per heavy atom. The van der Waals surface area contributed by atoms with E-state index >= 15 is 0 Å². The average Bonchev–Trinajstić information content (AvgIpc) is 3.09. The highest BCUT2D eigenvalue weighted by Gasteiger charge is 2.27. The van der Waals surface area contributed by atoms with Crippen LogP contribution in [0, 0.1) is 0 Å². The van der Waals surface area contributed by atoms with Gasteiger partial charge in [-0.3, -0.25) is 9.99 Å². The summed E-state index contributed by atoms with van der Waals surface area (Å²) in [5.74, 6) is 0.412. The summed E-state index contributed by atoms with van der Waals surface area (Å²) in [5.41, 5.74) is 3.73. The van der Waals surface area contributed by atoms with E-state index in [-0.39, 0.29) is 0 Å². The third kappa shape index (κ3) is 3.54. The van der Waals surface area contributed by atoms with Crippen molar-refractivity contribution in [3.8, 4) is 0 Å². The highest BCUT2D eigenvalue weighted by molar-refractivity contribution is 5.92. The lowest BCUT2D eigenvalue weighted by atomic mass is 9.82. The number of fused-ring (bicyclic) bond motifs is 1. The molecule has 25 heavy (non-hydrogen) atoms. The predicted molar refractivity (Wildman–Crippen MR) is 102 cm³/mol. The standard InChI is InChI=1S/C21H27N3O/c1-25-15-18-8-6-12-24(18)23-21-11-5-3-9-19(21)17-13-16-7-2-4-10-20(16)22-14-17/h2,4,7,10,13-14,18-19H,3,5-6,8-9,11-12,15H2,1H3/t18-,19?/m0/s1. The summed E-state index contributed by atoms with van der Waals surface area (Å²) in [7, 11) is 1.79. The molecule has 0 bridgehead atoms. The molecule has 0 N–H and O–H groups in total. The Balaban J connectivity index is 1.62. The van der Waals surface area contributed by atoms with Crippen LogP contribution in [0.2, 0.25) is 0 Å². The molecule has 0 radical (unpaired) electrons. The van der Waals surface area contributed by atoms with Crippen LogP contribution >= 0.6 is 0 Å². The van der Waals surface area contributed by atoms with Crippen molar-refractivity contribution < 1.29 is 4.74 Å². The molecule has 2 aliphatic rings. The number of hydrazone groups is 1. The van der Waals surface area contributed by atoms with Crippen LogP contribution in [0.1, 0.15) is 50.0 Å². The van der Waals surface area contributed by atoms with Crippen molar-refractivity contribution in [1.82, 2.24) is 9.99 Å². The number of para-hydroxylation sites is 1. The van der Waals surface area contributed by atoms with Crippen LogP contribution in [-0.2, 0) is 4.74 Å². The first-order valence-corrected chi connectivity index (χ1v) is 9.53. The summed E-state index contributed by atoms with van der Waals surface area (Å²) in [6.07, 6.45) is 9.27. The van der Waals surface area contributed by atoms with E-state index in [1.165, 1.54) is 48.8 Å². The lowest BCUT2D eigenvalue weighted by Crippen LogP contribution is -2.31. The van der Waals surface area contributed by atoms with Gasteiger partial charge in [0.15, 0.2) is 0 Å². The fraction of sp³-hybridized carbons (Fsp3) is 0.524. The summed E-state index contributed by atoms with van der Waals surface area (Å²) in [4.78, 5) is 4.68. The Morgan fingerprint density at radius 2 is 2.12 bits per heavy atom. The topological polar surface area (TPSA) is 37.7 Å². The summed E-state index contributed by atoms with van der Waals surface area (Å²) < 4.78 is 5.38. The van der Waals surface area contributed by atoms with Crippen LogP contribution in [0.25, 0.3) is 10.9 Å². The molecule has 2 heterocycles. The van der Waals surface area contributed by atoms with E-state index in [9.17, 15) is 0 Å². The molecule has 4 heteroatoms. The first kappa shape index (κ1) is 16.5. The van der Waals surface area contributed by atoms with E-state index < -0.39 is 0 Å². The van der Waals surface area contributed by atoms with Gasteiger partial charge >= 0.3 is 0 Å². The zero-order chi connectivity index (χ0) is 17.1. The Morgan fingerprint density at radius 1 is 1.20 bits per heavy atom. The van der Waals surface area contributed by atoms with Crippen LogP contribution in [0.3, 0.4) is 0 Å². The van der Waals surface area contributed by atoms with E-state index in [0.29, 0.717) is 12.0 Å². The largest absolute Gasteiger partial charge is 0.382 e. The minimum Gasteiger partial charge on any atom is -0.382 e. The maximum Gasteiger partial charge on any atom is 0.0704 e. The first-order valence-electron chi connectivity index (χ1n) is 9.53. The molecule has 1 saturated carbocycles. The SMILES string of the molecule is COC[C@@H]1CCCN1N=C1CCCCC1c1cnc2ccccc2c1. The van der Waals surface area contributed by atoms with Gasteiger partial charge in [-0.1, -0.05) is 24.6 Å². The van der Waals surface area contributed by atoms with Crippen molar-refractivity contribution in [3.63, 3.8) is 0 Å². The van der Waals surface area contributed by atoms with Crippen LogP contribution in [-0.4, -0.2) is 42.0 Å². The molecule has 1 aromatic carbocycles. The molecule has 2 fully saturated rings. The third-order valence-electron chi connectivity index (χ3n) is 5.55. The van der Waals surface area contributed by atoms with Gasteiger partial charge in [0, 0.05) is 36.9 Å². The highest BCUT2D eigenvalue weighted by atomic mass is 16.5. The number of hydrogen-bond acceptors (Lipinski definition) is 4. The fourth-order valence-corrected chi connectivity index (χ4v) is 4.23. The maximum absolute atomic E-state index is 5.38. The number of methoxy groups -OCH3 is 1. The van der Waals surface area contributed by atoms with Gasteiger partial charge in [0.1, 0.15) is 0 Å². The number of ether oxygens (including phenoxy) is 1. The summed E-state index contributed by atoms with van der Waals surface area (Å²) in [6, 6.07) is 11.1. The van der Waals surface area contributed by atoms with E-state index in [2.05, 4.69) is 40.5 Å². The number of nitrogens with zero attached hydrogens (tertiary/aromatic N) is 3. The quantitative estimate of drug-likeness (QED) is 0.832. The predicted octanol–water partition coefficient (Wildman–Crippen LogP) is 4.36. The molecular formula is C21H27N3O. The monoisotopic (exact) mass is 337 g/mol. The third-order valence-corrected chi connectivity index (χ3v) is 5.55. The molecule has 4 rings (SSSR count). The number of aromatic nitrogens is 1. The second-order valence-electron chi connectivity index (χ2n) is 7.27. The molecule has 1 aromatic heterocycles. The number of hydrogen-bond donors (Lipinski definition) is 0. The lowest BCUT2D eigenvalue weighted by molar-refractivity contribution is 0.117. The average molecular weight is 337 g/mol. The van der Waals surface area contributed by atoms with Gasteiger partial charge in [0.05, 0.1) is 18.2 Å². The molecule has 0 spiro atoms. The highest BCUT2D eigenvalue weighted by Crippen LogP contribution is 2.33. The second-order valence-corrected chi connectivity index (χ2v) is 7.27. The second kappa shape index (κ2) is 7.52.